The topological polar surface area (TPSA) is 69.6 Å². The summed E-state index contributed by atoms with van der Waals surface area (Å²) >= 11 is 0. The fraction of sp³-hybridized carbons (Fsp3) is 0.875. The van der Waals surface area contributed by atoms with E-state index in [1.807, 2.05) is 0 Å². The number of piperazine rings is 1. The molecule has 5 aliphatic rings. The van der Waals surface area contributed by atoms with Gasteiger partial charge in [0.05, 0.1) is 5.41 Å². The molecule has 1 amide bonds. The number of nitrogens with zero attached hydrogens (tertiary/aromatic N) is 1. The molecule has 0 radical (unpaired) electrons. The van der Waals surface area contributed by atoms with Gasteiger partial charge in [0, 0.05) is 19.6 Å². The third-order valence-corrected chi connectivity index (χ3v) is 6.28. The van der Waals surface area contributed by atoms with Gasteiger partial charge in [-0.1, -0.05) is 0 Å². The maximum atomic E-state index is 13.2. The average molecular weight is 292 g/mol. The van der Waals surface area contributed by atoms with Crippen LogP contribution < -0.4 is 5.32 Å². The molecule has 116 valence electrons. The van der Waals surface area contributed by atoms with Gasteiger partial charge in [-0.15, -0.1) is 0 Å². The van der Waals surface area contributed by atoms with Crippen LogP contribution in [0.3, 0.4) is 0 Å². The molecular formula is C16H24N2O3. The van der Waals surface area contributed by atoms with E-state index in [-0.39, 0.29) is 11.3 Å². The Morgan fingerprint density at radius 1 is 1.05 bits per heavy atom. The number of carbonyl (C=O) groups excluding carboxylic acids is 1. The van der Waals surface area contributed by atoms with Crippen LogP contribution in [0.2, 0.25) is 0 Å². The fourth-order valence-corrected chi connectivity index (χ4v) is 5.85. The van der Waals surface area contributed by atoms with Crippen molar-refractivity contribution in [1.82, 2.24) is 10.2 Å². The van der Waals surface area contributed by atoms with Gasteiger partial charge in [0.25, 0.3) is 0 Å². The summed E-state index contributed by atoms with van der Waals surface area (Å²) in [6.45, 7) is 1.63. The molecule has 0 aromatic rings. The molecule has 2 N–H and O–H groups in total. The van der Waals surface area contributed by atoms with Gasteiger partial charge in [0.1, 0.15) is 6.04 Å². The van der Waals surface area contributed by atoms with Crippen molar-refractivity contribution in [3.8, 4) is 0 Å². The largest absolute Gasteiger partial charge is 0.480 e. The minimum absolute atomic E-state index is 0.149. The van der Waals surface area contributed by atoms with Gasteiger partial charge >= 0.3 is 5.97 Å². The lowest BCUT2D eigenvalue weighted by atomic mass is 9.49. The van der Waals surface area contributed by atoms with Crippen LogP contribution in [0.15, 0.2) is 0 Å². The Kier molecular flexibility index (Phi) is 3.03. The first-order valence-electron chi connectivity index (χ1n) is 8.32. The predicted octanol–water partition coefficient (Wildman–Crippen LogP) is 1.09. The van der Waals surface area contributed by atoms with Crippen LogP contribution in [-0.4, -0.2) is 47.6 Å². The number of carboxylic acids is 1. The number of carbonyl (C=O) groups is 2. The van der Waals surface area contributed by atoms with Crippen molar-refractivity contribution < 1.29 is 14.7 Å². The normalized spacial score (nSPS) is 44.9. The highest BCUT2D eigenvalue weighted by Gasteiger charge is 2.56. The molecule has 1 unspecified atom stereocenters. The molecule has 1 aliphatic heterocycles. The fourth-order valence-electron chi connectivity index (χ4n) is 5.85. The molecule has 5 heteroatoms. The first-order chi connectivity index (χ1) is 10.1. The van der Waals surface area contributed by atoms with Crippen molar-refractivity contribution in [2.75, 3.05) is 19.6 Å². The minimum atomic E-state index is -0.875. The smallest absolute Gasteiger partial charge is 0.327 e. The summed E-state index contributed by atoms with van der Waals surface area (Å²) in [7, 11) is 0. The highest BCUT2D eigenvalue weighted by molar-refractivity contribution is 5.88. The van der Waals surface area contributed by atoms with Crippen LogP contribution >= 0.6 is 0 Å². The van der Waals surface area contributed by atoms with E-state index in [4.69, 9.17) is 0 Å². The Morgan fingerprint density at radius 3 is 2.14 bits per heavy atom. The molecule has 5 rings (SSSR count). The van der Waals surface area contributed by atoms with E-state index in [1.165, 1.54) is 19.3 Å². The lowest BCUT2D eigenvalue weighted by molar-refractivity contribution is -0.166. The van der Waals surface area contributed by atoms with Crippen LogP contribution in [-0.2, 0) is 9.59 Å². The van der Waals surface area contributed by atoms with Gasteiger partial charge in [-0.2, -0.15) is 0 Å². The molecule has 0 spiro atoms. The van der Waals surface area contributed by atoms with Crippen LogP contribution in [0.5, 0.6) is 0 Å². The maximum absolute atomic E-state index is 13.2. The summed E-state index contributed by atoms with van der Waals surface area (Å²) in [6.07, 6.45) is 6.93. The molecule has 4 bridgehead atoms. The van der Waals surface area contributed by atoms with E-state index in [9.17, 15) is 14.7 Å². The minimum Gasteiger partial charge on any atom is -0.480 e. The van der Waals surface area contributed by atoms with Crippen LogP contribution in [0.1, 0.15) is 38.5 Å². The highest BCUT2D eigenvalue weighted by atomic mass is 16.4. The maximum Gasteiger partial charge on any atom is 0.327 e. The standard InChI is InChI=1S/C16H24N2O3/c19-14(20)13-9-17-1-2-18(13)15(21)16-6-10-3-11(7-16)5-12(4-10)8-16/h10-13,17H,1-9H2,(H,19,20). The third kappa shape index (κ3) is 2.08. The third-order valence-electron chi connectivity index (χ3n) is 6.28. The number of hydrogen-bond donors (Lipinski definition) is 2. The summed E-state index contributed by atoms with van der Waals surface area (Å²) in [5, 5.41) is 12.5. The van der Waals surface area contributed by atoms with Gasteiger partial charge in [-0.25, -0.2) is 4.79 Å². The van der Waals surface area contributed by atoms with Crippen molar-refractivity contribution in [2.45, 2.75) is 44.6 Å². The SMILES string of the molecule is O=C(O)C1CNCCN1C(=O)C12CC3CC(CC(C3)C1)C2. The molecule has 5 fully saturated rings. The van der Waals surface area contributed by atoms with Crippen molar-refractivity contribution in [2.24, 2.45) is 23.2 Å². The van der Waals surface area contributed by atoms with E-state index < -0.39 is 12.0 Å². The Hall–Kier alpha value is -1.10. The summed E-state index contributed by atoms with van der Waals surface area (Å²) < 4.78 is 0. The summed E-state index contributed by atoms with van der Waals surface area (Å²) in [5.74, 6) is 1.42. The summed E-state index contributed by atoms with van der Waals surface area (Å²) in [6, 6.07) is -0.681. The Bertz CT molecular complexity index is 441. The molecule has 1 atom stereocenters. The lowest BCUT2D eigenvalue weighted by Gasteiger charge is -2.57. The van der Waals surface area contributed by atoms with Crippen molar-refractivity contribution >= 4 is 11.9 Å². The first kappa shape index (κ1) is 13.6. The Labute approximate surface area is 125 Å². The molecule has 5 nitrogen and oxygen atoms in total. The molecule has 4 aliphatic carbocycles. The van der Waals surface area contributed by atoms with Crippen molar-refractivity contribution in [1.29, 1.82) is 0 Å². The van der Waals surface area contributed by atoms with Gasteiger partial charge in [0.15, 0.2) is 0 Å². The number of aliphatic carboxylic acids is 1. The second-order valence-corrected chi connectivity index (χ2v) is 7.75. The zero-order valence-electron chi connectivity index (χ0n) is 12.4. The molecule has 1 saturated heterocycles. The molecule has 0 aromatic carbocycles. The molecular weight excluding hydrogens is 268 g/mol. The second-order valence-electron chi connectivity index (χ2n) is 7.75. The van der Waals surface area contributed by atoms with Crippen molar-refractivity contribution in [3.05, 3.63) is 0 Å². The summed E-state index contributed by atoms with van der Waals surface area (Å²) in [5.41, 5.74) is -0.222. The van der Waals surface area contributed by atoms with Gasteiger partial charge in [-0.05, 0) is 56.3 Å². The number of hydrogen-bond acceptors (Lipinski definition) is 3. The molecule has 21 heavy (non-hydrogen) atoms. The zero-order chi connectivity index (χ0) is 14.6. The first-order valence-corrected chi connectivity index (χ1v) is 8.32. The Balaban J connectivity index is 1.60. The number of carboxylic acid groups (broad SMARTS) is 1. The van der Waals surface area contributed by atoms with Gasteiger partial charge < -0.3 is 15.3 Å². The predicted molar refractivity (Wildman–Crippen MR) is 76.6 cm³/mol. The zero-order valence-corrected chi connectivity index (χ0v) is 12.4. The molecule has 1 heterocycles. The lowest BCUT2D eigenvalue weighted by Crippen LogP contribution is -2.62. The van der Waals surface area contributed by atoms with E-state index >= 15 is 0 Å². The van der Waals surface area contributed by atoms with E-state index in [0.29, 0.717) is 37.4 Å². The highest BCUT2D eigenvalue weighted by Crippen LogP contribution is 2.60. The molecule has 4 saturated carbocycles. The quantitative estimate of drug-likeness (QED) is 0.799. The number of amides is 1. The van der Waals surface area contributed by atoms with Gasteiger partial charge in [0.2, 0.25) is 5.91 Å². The summed E-state index contributed by atoms with van der Waals surface area (Å²) in [4.78, 5) is 26.3. The monoisotopic (exact) mass is 292 g/mol. The van der Waals surface area contributed by atoms with Crippen LogP contribution in [0.25, 0.3) is 0 Å². The number of nitrogens with one attached hydrogen (secondary N) is 1. The van der Waals surface area contributed by atoms with E-state index in [1.54, 1.807) is 4.90 Å². The second kappa shape index (κ2) is 4.70. The average Bonchev–Trinajstić information content (AvgIpc) is 2.45. The van der Waals surface area contributed by atoms with Crippen LogP contribution in [0, 0.1) is 23.2 Å². The van der Waals surface area contributed by atoms with E-state index in [2.05, 4.69) is 5.32 Å². The van der Waals surface area contributed by atoms with Gasteiger partial charge in [-0.3, -0.25) is 4.79 Å². The Morgan fingerprint density at radius 2 is 1.62 bits per heavy atom. The molecule has 0 aromatic heterocycles. The van der Waals surface area contributed by atoms with Crippen molar-refractivity contribution in [3.63, 3.8) is 0 Å². The van der Waals surface area contributed by atoms with Crippen LogP contribution in [0.4, 0.5) is 0 Å². The number of rotatable bonds is 2. The van der Waals surface area contributed by atoms with E-state index in [0.717, 1.165) is 19.3 Å².